The van der Waals surface area contributed by atoms with Gasteiger partial charge in [0.15, 0.2) is 18.2 Å². The van der Waals surface area contributed by atoms with E-state index in [-0.39, 0.29) is 17.9 Å². The van der Waals surface area contributed by atoms with Crippen molar-refractivity contribution in [2.75, 3.05) is 6.61 Å². The second-order valence-electron chi connectivity index (χ2n) is 8.27. The molecule has 10 heteroatoms. The number of rotatable bonds is 7. The summed E-state index contributed by atoms with van der Waals surface area (Å²) in [7, 11) is 0. The molecule has 178 valence electrons. The first-order chi connectivity index (χ1) is 17.0. The van der Waals surface area contributed by atoms with Gasteiger partial charge in [0.05, 0.1) is 24.1 Å². The fraction of sp³-hybridized carbons (Fsp3) is 0.240. The highest BCUT2D eigenvalue weighted by Crippen LogP contribution is 2.39. The van der Waals surface area contributed by atoms with E-state index in [0.717, 1.165) is 0 Å². The van der Waals surface area contributed by atoms with Crippen LogP contribution in [-0.4, -0.2) is 38.3 Å². The number of ether oxygens (including phenoxy) is 1. The molecule has 0 unspecified atom stereocenters. The van der Waals surface area contributed by atoms with E-state index in [4.69, 9.17) is 4.74 Å². The van der Waals surface area contributed by atoms with Crippen molar-refractivity contribution in [2.45, 2.75) is 31.7 Å². The molecule has 1 fully saturated rings. The first kappa shape index (κ1) is 22.5. The number of nitrogens with zero attached hydrogens (tertiary/aromatic N) is 5. The molecule has 1 N–H and O–H groups in total. The maximum absolute atomic E-state index is 14.8. The molecule has 9 nitrogen and oxygen atoms in total. The highest BCUT2D eigenvalue weighted by molar-refractivity contribution is 5.94. The lowest BCUT2D eigenvalue weighted by Crippen LogP contribution is -2.44. The van der Waals surface area contributed by atoms with Crippen molar-refractivity contribution in [2.24, 2.45) is 0 Å². The standard InChI is InChI=1S/C25H23FN6O3/c1-2-35-19-7-8-21(27-15-19)24-30-29-23(32(24)22-6-4-3-5-20(22)26)17-13-18(14-17)28-25(33)16-9-11-31(34)12-10-16/h3-12,15,17-18H,2,13-14H2,1H3,(H,28,33)/t17-,18-. The molecule has 3 heterocycles. The fourth-order valence-corrected chi connectivity index (χ4v) is 4.14. The third kappa shape index (κ3) is 4.54. The highest BCUT2D eigenvalue weighted by Gasteiger charge is 2.36. The molecule has 35 heavy (non-hydrogen) atoms. The minimum atomic E-state index is -0.399. The van der Waals surface area contributed by atoms with Crippen molar-refractivity contribution in [1.82, 2.24) is 25.1 Å². The van der Waals surface area contributed by atoms with Gasteiger partial charge in [-0.2, -0.15) is 4.73 Å². The lowest BCUT2D eigenvalue weighted by atomic mass is 9.79. The molecule has 1 aliphatic rings. The van der Waals surface area contributed by atoms with E-state index >= 15 is 0 Å². The molecule has 0 saturated heterocycles. The summed E-state index contributed by atoms with van der Waals surface area (Å²) in [4.78, 5) is 16.9. The van der Waals surface area contributed by atoms with Crippen molar-refractivity contribution < 1.29 is 18.7 Å². The first-order valence-electron chi connectivity index (χ1n) is 11.3. The Kier molecular flexibility index (Phi) is 6.09. The molecule has 0 bridgehead atoms. The first-order valence-corrected chi connectivity index (χ1v) is 11.3. The highest BCUT2D eigenvalue weighted by atomic mass is 19.1. The van der Waals surface area contributed by atoms with Gasteiger partial charge in [-0.3, -0.25) is 9.36 Å². The molecule has 0 spiro atoms. The summed E-state index contributed by atoms with van der Waals surface area (Å²) in [6.45, 7) is 2.42. The molecule has 0 atom stereocenters. The SMILES string of the molecule is CCOc1ccc(-c2nnc([C@H]3C[C@H](NC(=O)c4cc[n+]([O-])cc4)C3)n2-c2ccccc2F)nc1. The number of halogens is 1. The van der Waals surface area contributed by atoms with Crippen LogP contribution in [0.2, 0.25) is 0 Å². The van der Waals surface area contributed by atoms with Crippen LogP contribution in [0, 0.1) is 11.0 Å². The molecular formula is C25H23FN6O3. The molecule has 0 aliphatic heterocycles. The van der Waals surface area contributed by atoms with Crippen molar-refractivity contribution in [1.29, 1.82) is 0 Å². The molecule has 0 radical (unpaired) electrons. The summed E-state index contributed by atoms with van der Waals surface area (Å²) in [5, 5.41) is 22.9. The topological polar surface area (TPSA) is 109 Å². The van der Waals surface area contributed by atoms with Gasteiger partial charge in [0.25, 0.3) is 5.91 Å². The van der Waals surface area contributed by atoms with Crippen LogP contribution in [0.4, 0.5) is 4.39 Å². The van der Waals surface area contributed by atoms with Crippen molar-refractivity contribution in [3.63, 3.8) is 0 Å². The van der Waals surface area contributed by atoms with Gasteiger partial charge in [-0.25, -0.2) is 9.37 Å². The summed E-state index contributed by atoms with van der Waals surface area (Å²) < 4.78 is 22.6. The molecule has 1 saturated carbocycles. The van der Waals surface area contributed by atoms with E-state index in [1.54, 1.807) is 41.1 Å². The quantitative estimate of drug-likeness (QED) is 0.326. The Bertz CT molecular complexity index is 1330. The Labute approximate surface area is 200 Å². The lowest BCUT2D eigenvalue weighted by molar-refractivity contribution is -0.605. The van der Waals surface area contributed by atoms with Crippen LogP contribution in [0.25, 0.3) is 17.2 Å². The molecule has 1 aromatic carbocycles. The zero-order valence-electron chi connectivity index (χ0n) is 19.0. The maximum Gasteiger partial charge on any atom is 0.251 e. The summed E-state index contributed by atoms with van der Waals surface area (Å²) in [6, 6.07) is 12.9. The van der Waals surface area contributed by atoms with E-state index in [2.05, 4.69) is 20.5 Å². The van der Waals surface area contributed by atoms with Gasteiger partial charge in [-0.05, 0) is 44.0 Å². The van der Waals surface area contributed by atoms with Crippen LogP contribution < -0.4 is 14.8 Å². The summed E-state index contributed by atoms with van der Waals surface area (Å²) in [5.74, 6) is 1.00. The van der Waals surface area contributed by atoms with Gasteiger partial charge < -0.3 is 15.3 Å². The Morgan fingerprint density at radius 3 is 2.63 bits per heavy atom. The Hall–Kier alpha value is -4.34. The largest absolute Gasteiger partial charge is 0.619 e. The lowest BCUT2D eigenvalue weighted by Gasteiger charge is -2.35. The number of hydrogen-bond acceptors (Lipinski definition) is 6. The summed E-state index contributed by atoms with van der Waals surface area (Å²) in [6.07, 6.45) is 5.43. The molecule has 5 rings (SSSR count). The minimum Gasteiger partial charge on any atom is -0.619 e. The Balaban J connectivity index is 1.39. The maximum atomic E-state index is 14.8. The average molecular weight is 474 g/mol. The number of aromatic nitrogens is 5. The van der Waals surface area contributed by atoms with Gasteiger partial charge in [-0.1, -0.05) is 12.1 Å². The van der Waals surface area contributed by atoms with Crippen molar-refractivity contribution in [3.05, 3.63) is 89.5 Å². The van der Waals surface area contributed by atoms with E-state index in [9.17, 15) is 14.4 Å². The monoisotopic (exact) mass is 474 g/mol. The molecule has 3 aromatic heterocycles. The number of nitrogens with one attached hydrogen (secondary N) is 1. The third-order valence-electron chi connectivity index (χ3n) is 5.96. The van der Waals surface area contributed by atoms with E-state index < -0.39 is 5.82 Å². The summed E-state index contributed by atoms with van der Waals surface area (Å²) >= 11 is 0. The summed E-state index contributed by atoms with van der Waals surface area (Å²) in [5.41, 5.74) is 1.29. The minimum absolute atomic E-state index is 0.0246. The zero-order chi connectivity index (χ0) is 24.4. The number of pyridine rings is 2. The van der Waals surface area contributed by atoms with Gasteiger partial charge >= 0.3 is 0 Å². The van der Waals surface area contributed by atoms with Crippen LogP contribution in [0.3, 0.4) is 0 Å². The fourth-order valence-electron chi connectivity index (χ4n) is 4.14. The van der Waals surface area contributed by atoms with Crippen LogP contribution in [0.15, 0.2) is 67.1 Å². The zero-order valence-corrected chi connectivity index (χ0v) is 19.0. The van der Waals surface area contributed by atoms with Crippen molar-refractivity contribution in [3.8, 4) is 23.0 Å². The predicted octanol–water partition coefficient (Wildman–Crippen LogP) is 3.18. The predicted molar refractivity (Wildman–Crippen MR) is 124 cm³/mol. The second kappa shape index (κ2) is 9.49. The van der Waals surface area contributed by atoms with Gasteiger partial charge in [0.2, 0.25) is 0 Å². The van der Waals surface area contributed by atoms with Gasteiger partial charge in [-0.15, -0.1) is 10.2 Å². The van der Waals surface area contributed by atoms with Crippen LogP contribution >= 0.6 is 0 Å². The molecule has 1 aliphatic carbocycles. The van der Waals surface area contributed by atoms with Gasteiger partial charge in [0, 0.05) is 24.1 Å². The Morgan fingerprint density at radius 1 is 1.17 bits per heavy atom. The van der Waals surface area contributed by atoms with Crippen LogP contribution in [-0.2, 0) is 0 Å². The number of carbonyl (C=O) groups excluding carboxylic acids is 1. The number of amides is 1. The van der Waals surface area contributed by atoms with E-state index in [1.165, 1.54) is 30.6 Å². The average Bonchev–Trinajstić information content (AvgIpc) is 3.26. The van der Waals surface area contributed by atoms with Gasteiger partial charge in [0.1, 0.15) is 23.1 Å². The number of hydrogen-bond donors (Lipinski definition) is 1. The Morgan fingerprint density at radius 2 is 1.94 bits per heavy atom. The number of carbonyl (C=O) groups is 1. The smallest absolute Gasteiger partial charge is 0.251 e. The van der Waals surface area contributed by atoms with Crippen molar-refractivity contribution >= 4 is 5.91 Å². The second-order valence-corrected chi connectivity index (χ2v) is 8.27. The molecule has 4 aromatic rings. The third-order valence-corrected chi connectivity index (χ3v) is 5.96. The van der Waals surface area contributed by atoms with Crippen LogP contribution in [0.5, 0.6) is 5.75 Å². The van der Waals surface area contributed by atoms with E-state index in [0.29, 0.717) is 58.5 Å². The molecular weight excluding hydrogens is 451 g/mol. The number of para-hydroxylation sites is 1. The normalized spacial score (nSPS) is 17.0. The van der Waals surface area contributed by atoms with E-state index in [1.807, 2.05) is 6.92 Å². The number of benzene rings is 1. The van der Waals surface area contributed by atoms with Crippen LogP contribution in [0.1, 0.15) is 41.9 Å². The molecule has 1 amide bonds.